The Morgan fingerprint density at radius 1 is 1.47 bits per heavy atom. The average Bonchev–Trinajstić information content (AvgIpc) is 3.04. The summed E-state index contributed by atoms with van der Waals surface area (Å²) in [6.45, 7) is 5.20. The second-order valence-electron chi connectivity index (χ2n) is 4.44. The molecule has 5 heteroatoms. The maximum atomic E-state index is 4.66. The molecule has 1 N–H and O–H groups in total. The van der Waals surface area contributed by atoms with Gasteiger partial charge < -0.3 is 5.32 Å². The van der Waals surface area contributed by atoms with Crippen LogP contribution in [-0.2, 0) is 19.4 Å². The van der Waals surface area contributed by atoms with Crippen LogP contribution in [0.2, 0.25) is 0 Å². The van der Waals surface area contributed by atoms with Gasteiger partial charge in [-0.05, 0) is 47.8 Å². The highest BCUT2D eigenvalue weighted by molar-refractivity contribution is 9.10. The molecule has 0 spiro atoms. The standard InChI is InChI=1S/C14H20BrN3S/c1-4-10-14(15)12(18(5-2)17-10)9-11(16-3)13-7-6-8-19-13/h6-8,11,16H,4-5,9H2,1-3H3. The molecule has 0 amide bonds. The first-order valence-electron chi connectivity index (χ1n) is 6.65. The maximum Gasteiger partial charge on any atom is 0.0766 e. The lowest BCUT2D eigenvalue weighted by Crippen LogP contribution is -2.19. The Kier molecular flexibility index (Phi) is 5.19. The van der Waals surface area contributed by atoms with Crippen molar-refractivity contribution in [3.63, 3.8) is 0 Å². The highest BCUT2D eigenvalue weighted by Crippen LogP contribution is 2.28. The Bertz CT molecular complexity index is 519. The number of hydrogen-bond acceptors (Lipinski definition) is 3. The van der Waals surface area contributed by atoms with Crippen LogP contribution >= 0.6 is 27.3 Å². The fraction of sp³-hybridized carbons (Fsp3) is 0.500. The predicted octanol–water partition coefficient (Wildman–Crippen LogP) is 3.79. The minimum Gasteiger partial charge on any atom is -0.312 e. The average molecular weight is 342 g/mol. The summed E-state index contributed by atoms with van der Waals surface area (Å²) in [5.74, 6) is 0. The molecule has 2 aromatic rings. The smallest absolute Gasteiger partial charge is 0.0766 e. The second kappa shape index (κ2) is 6.68. The molecule has 1 atom stereocenters. The van der Waals surface area contributed by atoms with Crippen LogP contribution in [0.4, 0.5) is 0 Å². The van der Waals surface area contributed by atoms with Gasteiger partial charge in [0.25, 0.3) is 0 Å². The Balaban J connectivity index is 2.29. The fourth-order valence-corrected chi connectivity index (χ4v) is 3.80. The Morgan fingerprint density at radius 2 is 2.26 bits per heavy atom. The van der Waals surface area contributed by atoms with Gasteiger partial charge >= 0.3 is 0 Å². The van der Waals surface area contributed by atoms with E-state index in [1.54, 1.807) is 11.3 Å². The highest BCUT2D eigenvalue weighted by atomic mass is 79.9. The number of nitrogens with zero attached hydrogens (tertiary/aromatic N) is 2. The van der Waals surface area contributed by atoms with Crippen LogP contribution in [0.3, 0.4) is 0 Å². The molecular formula is C14H20BrN3S. The molecule has 19 heavy (non-hydrogen) atoms. The van der Waals surface area contributed by atoms with Crippen molar-refractivity contribution in [2.24, 2.45) is 0 Å². The van der Waals surface area contributed by atoms with Gasteiger partial charge in [-0.1, -0.05) is 13.0 Å². The molecule has 0 saturated heterocycles. The summed E-state index contributed by atoms with van der Waals surface area (Å²) in [6.07, 6.45) is 1.92. The number of aryl methyl sites for hydroxylation is 2. The third-order valence-corrected chi connectivity index (χ3v) is 5.23. The van der Waals surface area contributed by atoms with Crippen LogP contribution in [0.15, 0.2) is 22.0 Å². The first-order valence-corrected chi connectivity index (χ1v) is 8.33. The molecule has 0 aliphatic heterocycles. The largest absolute Gasteiger partial charge is 0.312 e. The van der Waals surface area contributed by atoms with Crippen molar-refractivity contribution in [1.82, 2.24) is 15.1 Å². The molecule has 0 aromatic carbocycles. The summed E-state index contributed by atoms with van der Waals surface area (Å²) in [4.78, 5) is 1.37. The van der Waals surface area contributed by atoms with Crippen molar-refractivity contribution < 1.29 is 0 Å². The molecule has 1 unspecified atom stereocenters. The van der Waals surface area contributed by atoms with Crippen molar-refractivity contribution in [3.8, 4) is 0 Å². The van der Waals surface area contributed by atoms with Crippen molar-refractivity contribution in [1.29, 1.82) is 0 Å². The normalized spacial score (nSPS) is 12.8. The van der Waals surface area contributed by atoms with Gasteiger partial charge in [-0.2, -0.15) is 5.10 Å². The van der Waals surface area contributed by atoms with Crippen molar-refractivity contribution in [3.05, 3.63) is 38.3 Å². The zero-order chi connectivity index (χ0) is 13.8. The zero-order valence-electron chi connectivity index (χ0n) is 11.6. The highest BCUT2D eigenvalue weighted by Gasteiger charge is 2.19. The van der Waals surface area contributed by atoms with E-state index in [2.05, 4.69) is 62.4 Å². The third kappa shape index (κ3) is 3.09. The van der Waals surface area contributed by atoms with Gasteiger partial charge in [-0.15, -0.1) is 11.3 Å². The van der Waals surface area contributed by atoms with Crippen LogP contribution in [0, 0.1) is 0 Å². The van der Waals surface area contributed by atoms with E-state index in [4.69, 9.17) is 0 Å². The molecule has 104 valence electrons. The molecule has 3 nitrogen and oxygen atoms in total. The molecule has 2 aromatic heterocycles. The van der Waals surface area contributed by atoms with Crippen LogP contribution in [0.25, 0.3) is 0 Å². The van der Waals surface area contributed by atoms with E-state index in [0.29, 0.717) is 6.04 Å². The van der Waals surface area contributed by atoms with Gasteiger partial charge in [-0.3, -0.25) is 4.68 Å². The molecule has 0 aliphatic rings. The van der Waals surface area contributed by atoms with E-state index < -0.39 is 0 Å². The number of likely N-dealkylation sites (N-methyl/N-ethyl adjacent to an activating group) is 1. The Morgan fingerprint density at radius 3 is 2.79 bits per heavy atom. The van der Waals surface area contributed by atoms with Gasteiger partial charge in [0.1, 0.15) is 0 Å². The number of nitrogens with one attached hydrogen (secondary N) is 1. The number of halogens is 1. The fourth-order valence-electron chi connectivity index (χ4n) is 2.24. The lowest BCUT2D eigenvalue weighted by molar-refractivity contribution is 0.545. The molecule has 0 radical (unpaired) electrons. The Hall–Kier alpha value is -0.650. The minimum atomic E-state index is 0.350. The maximum absolute atomic E-state index is 4.66. The number of thiophene rings is 1. The van der Waals surface area contributed by atoms with Gasteiger partial charge in [0.2, 0.25) is 0 Å². The first kappa shape index (κ1) is 14.8. The molecule has 0 bridgehead atoms. The lowest BCUT2D eigenvalue weighted by atomic mass is 10.1. The van der Waals surface area contributed by atoms with E-state index in [0.717, 1.165) is 25.1 Å². The lowest BCUT2D eigenvalue weighted by Gasteiger charge is -2.15. The van der Waals surface area contributed by atoms with Crippen LogP contribution in [-0.4, -0.2) is 16.8 Å². The van der Waals surface area contributed by atoms with Crippen molar-refractivity contribution >= 4 is 27.3 Å². The van der Waals surface area contributed by atoms with E-state index >= 15 is 0 Å². The van der Waals surface area contributed by atoms with E-state index in [1.165, 1.54) is 15.0 Å². The predicted molar refractivity (Wildman–Crippen MR) is 84.8 cm³/mol. The van der Waals surface area contributed by atoms with Gasteiger partial charge in [0.15, 0.2) is 0 Å². The molecule has 2 rings (SSSR count). The third-order valence-electron chi connectivity index (χ3n) is 3.33. The topological polar surface area (TPSA) is 29.9 Å². The Labute approximate surface area is 127 Å². The monoisotopic (exact) mass is 341 g/mol. The number of rotatable bonds is 6. The zero-order valence-corrected chi connectivity index (χ0v) is 14.0. The van der Waals surface area contributed by atoms with Gasteiger partial charge in [0, 0.05) is 23.9 Å². The van der Waals surface area contributed by atoms with E-state index in [1.807, 2.05) is 7.05 Å². The second-order valence-corrected chi connectivity index (χ2v) is 6.21. The van der Waals surface area contributed by atoms with Crippen LogP contribution in [0.5, 0.6) is 0 Å². The number of hydrogen-bond donors (Lipinski definition) is 1. The summed E-state index contributed by atoms with van der Waals surface area (Å²) in [6, 6.07) is 4.64. The van der Waals surface area contributed by atoms with Crippen molar-refractivity contribution in [2.75, 3.05) is 7.05 Å². The molecule has 0 saturated carbocycles. The summed E-state index contributed by atoms with van der Waals surface area (Å²) in [5, 5.41) is 10.2. The van der Waals surface area contributed by atoms with Crippen molar-refractivity contribution in [2.45, 2.75) is 39.3 Å². The molecule has 0 aliphatic carbocycles. The van der Waals surface area contributed by atoms with Gasteiger partial charge in [-0.25, -0.2) is 0 Å². The SMILES string of the molecule is CCc1nn(CC)c(CC(NC)c2cccs2)c1Br. The first-order chi connectivity index (χ1) is 9.21. The minimum absolute atomic E-state index is 0.350. The summed E-state index contributed by atoms with van der Waals surface area (Å²) >= 11 is 5.52. The molecular weight excluding hydrogens is 322 g/mol. The van der Waals surface area contributed by atoms with E-state index in [-0.39, 0.29) is 0 Å². The quantitative estimate of drug-likeness (QED) is 0.866. The van der Waals surface area contributed by atoms with Gasteiger partial charge in [0.05, 0.1) is 15.9 Å². The summed E-state index contributed by atoms with van der Waals surface area (Å²) in [5.41, 5.74) is 2.44. The summed E-state index contributed by atoms with van der Waals surface area (Å²) in [7, 11) is 2.02. The van der Waals surface area contributed by atoms with E-state index in [9.17, 15) is 0 Å². The molecule has 0 fully saturated rings. The van der Waals surface area contributed by atoms with Crippen LogP contribution in [0.1, 0.15) is 36.2 Å². The summed E-state index contributed by atoms with van der Waals surface area (Å²) < 4.78 is 3.29. The number of aromatic nitrogens is 2. The molecule has 2 heterocycles. The van der Waals surface area contributed by atoms with Crippen LogP contribution < -0.4 is 5.32 Å².